The van der Waals surface area contributed by atoms with Crippen LogP contribution in [0.25, 0.3) is 11.8 Å². The Balaban J connectivity index is 1.66. The van der Waals surface area contributed by atoms with E-state index >= 15 is 0 Å². The minimum atomic E-state index is -0.471. The Hall–Kier alpha value is -3.84. The molecule has 0 aliphatic carbocycles. The van der Waals surface area contributed by atoms with Gasteiger partial charge in [-0.05, 0) is 73.9 Å². The van der Waals surface area contributed by atoms with Gasteiger partial charge >= 0.3 is 12.0 Å². The molecule has 4 rings (SSSR count). The predicted molar refractivity (Wildman–Crippen MR) is 130 cm³/mol. The zero-order valence-corrected chi connectivity index (χ0v) is 20.1. The predicted octanol–water partition coefficient (Wildman–Crippen LogP) is 4.94. The zero-order chi connectivity index (χ0) is 24.6. The van der Waals surface area contributed by atoms with Gasteiger partial charge in [0.1, 0.15) is 5.70 Å². The molecule has 0 bridgehead atoms. The standard InChI is InChI=1S/C26H24ClN3O4/c1-15-5-8-19(25(32)34-4)13-23(15)30-16(2)11-20(17(30)3)12-22-24(31)29(26(33)28-22)14-18-6-9-21(27)10-7-18/h5-13H,14H2,1-4H3,(H,28,33)/b22-12-. The topological polar surface area (TPSA) is 80.6 Å². The molecule has 1 fully saturated rings. The molecule has 3 amide bonds. The van der Waals surface area contributed by atoms with Crippen molar-refractivity contribution in [2.24, 2.45) is 0 Å². The molecule has 1 aromatic heterocycles. The van der Waals surface area contributed by atoms with Gasteiger partial charge in [0.05, 0.1) is 19.2 Å². The van der Waals surface area contributed by atoms with Crippen LogP contribution in [-0.4, -0.2) is 34.5 Å². The Bertz CT molecular complexity index is 1340. The number of nitrogens with one attached hydrogen (secondary N) is 1. The van der Waals surface area contributed by atoms with Crippen LogP contribution in [0.5, 0.6) is 0 Å². The van der Waals surface area contributed by atoms with E-state index in [1.54, 1.807) is 42.5 Å². The zero-order valence-electron chi connectivity index (χ0n) is 19.3. The van der Waals surface area contributed by atoms with Gasteiger partial charge in [-0.25, -0.2) is 9.59 Å². The number of carbonyl (C=O) groups is 3. The molecular weight excluding hydrogens is 454 g/mol. The number of hydrogen-bond donors (Lipinski definition) is 1. The highest BCUT2D eigenvalue weighted by Gasteiger charge is 2.33. The summed E-state index contributed by atoms with van der Waals surface area (Å²) in [6.07, 6.45) is 1.68. The summed E-state index contributed by atoms with van der Waals surface area (Å²) in [6, 6.07) is 13.9. The monoisotopic (exact) mass is 477 g/mol. The number of aromatic nitrogens is 1. The van der Waals surface area contributed by atoms with E-state index in [-0.39, 0.29) is 12.2 Å². The van der Waals surface area contributed by atoms with Crippen molar-refractivity contribution >= 4 is 35.6 Å². The maximum Gasteiger partial charge on any atom is 0.337 e. The molecule has 1 saturated heterocycles. The average Bonchev–Trinajstić information content (AvgIpc) is 3.24. The van der Waals surface area contributed by atoms with E-state index in [0.29, 0.717) is 10.6 Å². The summed E-state index contributed by atoms with van der Waals surface area (Å²) < 4.78 is 6.87. The quantitative estimate of drug-likeness (QED) is 0.321. The summed E-state index contributed by atoms with van der Waals surface area (Å²) >= 11 is 5.92. The molecule has 0 radical (unpaired) electrons. The van der Waals surface area contributed by atoms with E-state index in [9.17, 15) is 14.4 Å². The number of methoxy groups -OCH3 is 1. The Kier molecular flexibility index (Phi) is 6.30. The number of nitrogens with zero attached hydrogens (tertiary/aromatic N) is 2. The molecule has 8 heteroatoms. The first-order valence-corrected chi connectivity index (χ1v) is 11.0. The highest BCUT2D eigenvalue weighted by Crippen LogP contribution is 2.27. The summed E-state index contributed by atoms with van der Waals surface area (Å²) in [5.74, 6) is -0.806. The van der Waals surface area contributed by atoms with E-state index < -0.39 is 17.9 Å². The van der Waals surface area contributed by atoms with Crippen molar-refractivity contribution in [1.29, 1.82) is 0 Å². The third-order valence-electron chi connectivity index (χ3n) is 5.86. The average molecular weight is 478 g/mol. The fourth-order valence-corrected chi connectivity index (χ4v) is 4.17. The van der Waals surface area contributed by atoms with Gasteiger partial charge in [0.2, 0.25) is 0 Å². The van der Waals surface area contributed by atoms with Gasteiger partial charge in [-0.2, -0.15) is 0 Å². The summed E-state index contributed by atoms with van der Waals surface area (Å²) in [6.45, 7) is 5.98. The number of carbonyl (C=O) groups excluding carboxylic acids is 3. The van der Waals surface area contributed by atoms with Crippen LogP contribution in [0.1, 0.15) is 38.4 Å². The van der Waals surface area contributed by atoms with Crippen molar-refractivity contribution in [2.45, 2.75) is 27.3 Å². The first kappa shape index (κ1) is 23.3. The number of amides is 3. The van der Waals surface area contributed by atoms with Crippen molar-refractivity contribution in [2.75, 3.05) is 7.11 Å². The molecule has 34 heavy (non-hydrogen) atoms. The summed E-state index contributed by atoms with van der Waals surface area (Å²) in [4.78, 5) is 38.6. The largest absolute Gasteiger partial charge is 0.465 e. The van der Waals surface area contributed by atoms with Gasteiger partial charge in [-0.1, -0.05) is 29.8 Å². The van der Waals surface area contributed by atoms with Crippen LogP contribution in [0.4, 0.5) is 4.79 Å². The van der Waals surface area contributed by atoms with Gasteiger partial charge in [0, 0.05) is 22.1 Å². The molecule has 2 heterocycles. The SMILES string of the molecule is COC(=O)c1ccc(C)c(-n2c(C)cc(/C=C3\NC(=O)N(Cc4ccc(Cl)cc4)C3=O)c2C)c1. The first-order chi connectivity index (χ1) is 16.2. The van der Waals surface area contributed by atoms with Crippen molar-refractivity contribution in [3.05, 3.63) is 92.9 Å². The Morgan fingerprint density at radius 3 is 2.44 bits per heavy atom. The van der Waals surface area contributed by atoms with Crippen molar-refractivity contribution < 1.29 is 19.1 Å². The highest BCUT2D eigenvalue weighted by molar-refractivity contribution is 6.30. The summed E-state index contributed by atoms with van der Waals surface area (Å²) in [7, 11) is 1.35. The van der Waals surface area contributed by atoms with Gasteiger partial charge < -0.3 is 14.6 Å². The molecular formula is C26H24ClN3O4. The second-order valence-electron chi connectivity index (χ2n) is 8.16. The number of hydrogen-bond acceptors (Lipinski definition) is 4. The van der Waals surface area contributed by atoms with E-state index in [4.69, 9.17) is 16.3 Å². The van der Waals surface area contributed by atoms with Crippen molar-refractivity contribution in [1.82, 2.24) is 14.8 Å². The number of imide groups is 1. The van der Waals surface area contributed by atoms with E-state index in [1.807, 2.05) is 37.5 Å². The molecule has 3 aromatic rings. The lowest BCUT2D eigenvalue weighted by molar-refractivity contribution is -0.123. The number of halogens is 1. The molecule has 0 atom stereocenters. The molecule has 1 N–H and O–H groups in total. The molecule has 7 nitrogen and oxygen atoms in total. The third-order valence-corrected chi connectivity index (χ3v) is 6.11. The Morgan fingerprint density at radius 1 is 1.06 bits per heavy atom. The fourth-order valence-electron chi connectivity index (χ4n) is 4.04. The second kappa shape index (κ2) is 9.19. The number of benzene rings is 2. The lowest BCUT2D eigenvalue weighted by atomic mass is 10.1. The van der Waals surface area contributed by atoms with Crippen LogP contribution < -0.4 is 5.32 Å². The molecule has 0 unspecified atom stereocenters. The molecule has 1 aliphatic heterocycles. The van der Waals surface area contributed by atoms with Crippen LogP contribution in [0.2, 0.25) is 5.02 Å². The number of urea groups is 1. The van der Waals surface area contributed by atoms with E-state index in [0.717, 1.165) is 38.7 Å². The van der Waals surface area contributed by atoms with Crippen LogP contribution in [-0.2, 0) is 16.1 Å². The van der Waals surface area contributed by atoms with Gasteiger partial charge in [0.15, 0.2) is 0 Å². The summed E-state index contributed by atoms with van der Waals surface area (Å²) in [5, 5.41) is 3.26. The lowest BCUT2D eigenvalue weighted by Crippen LogP contribution is -2.30. The molecule has 0 saturated carbocycles. The number of ether oxygens (including phenoxy) is 1. The van der Waals surface area contributed by atoms with E-state index in [1.165, 1.54) is 7.11 Å². The Morgan fingerprint density at radius 2 is 1.76 bits per heavy atom. The van der Waals surface area contributed by atoms with Crippen molar-refractivity contribution in [3.8, 4) is 5.69 Å². The molecule has 0 spiro atoms. The normalized spacial score (nSPS) is 14.6. The molecule has 174 valence electrons. The highest BCUT2D eigenvalue weighted by atomic mass is 35.5. The number of esters is 1. The maximum atomic E-state index is 13.0. The third kappa shape index (κ3) is 4.34. The van der Waals surface area contributed by atoms with Crippen LogP contribution in [0.3, 0.4) is 0 Å². The minimum absolute atomic E-state index is 0.151. The van der Waals surface area contributed by atoms with Crippen LogP contribution in [0, 0.1) is 20.8 Å². The van der Waals surface area contributed by atoms with Crippen molar-refractivity contribution in [3.63, 3.8) is 0 Å². The van der Waals surface area contributed by atoms with Gasteiger partial charge in [-0.3, -0.25) is 9.69 Å². The van der Waals surface area contributed by atoms with Gasteiger partial charge in [-0.15, -0.1) is 0 Å². The smallest absolute Gasteiger partial charge is 0.337 e. The van der Waals surface area contributed by atoms with E-state index in [2.05, 4.69) is 5.32 Å². The van der Waals surface area contributed by atoms with Crippen LogP contribution >= 0.6 is 11.6 Å². The number of rotatable bonds is 5. The summed E-state index contributed by atoms with van der Waals surface area (Å²) in [5.41, 5.74) is 5.86. The first-order valence-electron chi connectivity index (χ1n) is 10.7. The molecule has 2 aromatic carbocycles. The Labute approximate surface area is 202 Å². The fraction of sp³-hybridized carbons (Fsp3) is 0.192. The van der Waals surface area contributed by atoms with Crippen LogP contribution in [0.15, 0.2) is 54.2 Å². The minimum Gasteiger partial charge on any atom is -0.465 e. The van der Waals surface area contributed by atoms with Gasteiger partial charge in [0.25, 0.3) is 5.91 Å². The molecule has 1 aliphatic rings. The lowest BCUT2D eigenvalue weighted by Gasteiger charge is -2.14. The second-order valence-corrected chi connectivity index (χ2v) is 8.60. The number of aryl methyl sites for hydroxylation is 2. The maximum absolute atomic E-state index is 13.0.